The number of fused-ring (bicyclic) bond motifs is 5. The van der Waals surface area contributed by atoms with Gasteiger partial charge in [-0.05, 0) is 58.2 Å². The third-order valence-electron chi connectivity index (χ3n) is 10.4. The Labute approximate surface area is 315 Å². The molecule has 8 atom stereocenters. The van der Waals surface area contributed by atoms with Gasteiger partial charge in [0.25, 0.3) is 0 Å². The molecule has 0 aromatic heterocycles. The van der Waals surface area contributed by atoms with Crippen molar-refractivity contribution in [3.05, 3.63) is 46.5 Å². The highest BCUT2D eigenvalue weighted by Crippen LogP contribution is 2.49. The number of ether oxygens (including phenoxy) is 5. The Hall–Kier alpha value is -3.98. The number of hydrogen-bond acceptors (Lipinski definition) is 11. The number of carbonyl (C=O) groups excluding carboxylic acids is 5. The molecule has 2 N–H and O–H groups in total. The van der Waals surface area contributed by atoms with Gasteiger partial charge in [0.1, 0.15) is 46.5 Å². The van der Waals surface area contributed by atoms with Gasteiger partial charge < -0.3 is 43.4 Å². The van der Waals surface area contributed by atoms with Crippen LogP contribution in [0.2, 0.25) is 5.02 Å². The van der Waals surface area contributed by atoms with Gasteiger partial charge in [0, 0.05) is 46.4 Å². The second-order valence-electron chi connectivity index (χ2n) is 14.5. The number of methoxy groups -OCH3 is 2. The van der Waals surface area contributed by atoms with Crippen molar-refractivity contribution in [1.82, 2.24) is 10.2 Å². The number of halogens is 1. The highest BCUT2D eigenvalue weighted by Gasteiger charge is 2.64. The van der Waals surface area contributed by atoms with Crippen molar-refractivity contribution in [3.63, 3.8) is 0 Å². The molecule has 4 rings (SSSR count). The number of nitrogens with zero attached hydrogens (tertiary/aromatic N) is 2. The number of amides is 3. The van der Waals surface area contributed by atoms with Crippen LogP contribution in [0.3, 0.4) is 0 Å². The van der Waals surface area contributed by atoms with Crippen LogP contribution in [0.5, 0.6) is 5.75 Å². The number of anilines is 1. The minimum absolute atomic E-state index is 0.0386. The lowest BCUT2D eigenvalue weighted by atomic mass is 9.83. The van der Waals surface area contributed by atoms with Crippen LogP contribution >= 0.6 is 11.6 Å². The van der Waals surface area contributed by atoms with E-state index in [1.807, 2.05) is 13.0 Å². The van der Waals surface area contributed by atoms with Crippen molar-refractivity contribution in [3.8, 4) is 5.75 Å². The average molecular weight is 762 g/mol. The number of Topliss-reactive ketones (excluding diaryl/α,β-unsaturated/α-hetero) is 1. The highest BCUT2D eigenvalue weighted by molar-refractivity contribution is 6.35. The van der Waals surface area contributed by atoms with Gasteiger partial charge in [0.05, 0.1) is 25.3 Å². The first-order valence-corrected chi connectivity index (χ1v) is 18.1. The number of esters is 1. The summed E-state index contributed by atoms with van der Waals surface area (Å²) in [6.07, 6.45) is 1.43. The second kappa shape index (κ2) is 17.0. The van der Waals surface area contributed by atoms with Gasteiger partial charge in [-0.3, -0.25) is 14.9 Å². The van der Waals surface area contributed by atoms with Gasteiger partial charge in [-0.2, -0.15) is 0 Å². The third kappa shape index (κ3) is 9.58. The van der Waals surface area contributed by atoms with E-state index in [0.29, 0.717) is 24.3 Å². The van der Waals surface area contributed by atoms with Crippen molar-refractivity contribution in [2.45, 2.75) is 115 Å². The molecule has 1 aromatic carbocycles. The Morgan fingerprint density at radius 1 is 1.21 bits per heavy atom. The quantitative estimate of drug-likeness (QED) is 0.272. The molecule has 0 spiro atoms. The summed E-state index contributed by atoms with van der Waals surface area (Å²) in [5.41, 5.74) is -0.988. The Kier molecular flexibility index (Phi) is 13.4. The summed E-state index contributed by atoms with van der Waals surface area (Å²) in [6.45, 7) is 8.36. The number of benzene rings is 1. The molecule has 53 heavy (non-hydrogen) atoms. The van der Waals surface area contributed by atoms with E-state index in [1.165, 1.54) is 44.9 Å². The zero-order valence-corrected chi connectivity index (χ0v) is 32.7. The summed E-state index contributed by atoms with van der Waals surface area (Å²) in [7, 11) is 5.94. The molecule has 2 saturated heterocycles. The van der Waals surface area contributed by atoms with Crippen LogP contribution in [0.15, 0.2) is 35.9 Å². The minimum Gasteiger partial charge on any atom is -0.495 e. The van der Waals surface area contributed by atoms with E-state index in [9.17, 15) is 29.1 Å². The first kappa shape index (κ1) is 41.8. The molecule has 1 aromatic rings. The van der Waals surface area contributed by atoms with E-state index in [4.69, 9.17) is 35.3 Å². The number of nitrogens with one attached hydrogen (secondary N) is 1. The lowest BCUT2D eigenvalue weighted by Crippen LogP contribution is -2.63. The topological polar surface area (TPSA) is 174 Å². The maximum atomic E-state index is 14.1. The van der Waals surface area contributed by atoms with Crippen LogP contribution < -0.4 is 15.0 Å². The molecule has 3 amide bonds. The van der Waals surface area contributed by atoms with Gasteiger partial charge in [0.15, 0.2) is 5.72 Å². The normalized spacial score (nSPS) is 31.1. The Bertz CT molecular complexity index is 1650. The van der Waals surface area contributed by atoms with Gasteiger partial charge in [0.2, 0.25) is 11.8 Å². The van der Waals surface area contributed by atoms with E-state index in [2.05, 4.69) is 5.32 Å². The minimum atomic E-state index is -1.84. The molecular weight excluding hydrogens is 710 g/mol. The standard InChI is InChI=1S/C38H52ClN3O11/c1-21-12-10-14-29(50-9)38(48)20-28(51-36(47)40-38)23(3)34-37(5,53-34)30(52-35(46)24(4)41(6)31(44)15-11-13-22(2)43)19-32(45)42(7)26-17-25(16-21)18-27(49-8)33(26)39/h10,12,14,17-18,23-24,28-30,34,48H,11,13,15-16,19-20H2,1-9H3,(H,40,47)/b14-10+,21-12+/t23-,24+,28?,29-,30+,34+,37+,38+/m1/s1. The molecule has 3 aliphatic rings. The third-order valence-corrected chi connectivity index (χ3v) is 10.8. The van der Waals surface area contributed by atoms with Crippen LogP contribution in [-0.4, -0.2) is 110 Å². The molecule has 15 heteroatoms. The molecule has 292 valence electrons. The monoisotopic (exact) mass is 761 g/mol. The average Bonchev–Trinajstić information content (AvgIpc) is 3.79. The molecular formula is C38H52ClN3O11. The molecule has 0 aliphatic carbocycles. The van der Waals surface area contributed by atoms with Crippen LogP contribution in [0.4, 0.5) is 10.5 Å². The predicted octanol–water partition coefficient (Wildman–Crippen LogP) is 4.27. The maximum Gasteiger partial charge on any atom is 0.409 e. The number of allylic oxidation sites excluding steroid dienone is 3. The van der Waals surface area contributed by atoms with E-state index in [0.717, 1.165) is 11.1 Å². The van der Waals surface area contributed by atoms with E-state index < -0.39 is 65.7 Å². The number of hydrogen-bond donors (Lipinski definition) is 2. The number of aliphatic hydroxyl groups is 1. The zero-order valence-electron chi connectivity index (χ0n) is 31.9. The summed E-state index contributed by atoms with van der Waals surface area (Å²) in [5, 5.41) is 14.4. The Balaban J connectivity index is 1.73. The summed E-state index contributed by atoms with van der Waals surface area (Å²) in [5.74, 6) is -1.79. The van der Waals surface area contributed by atoms with Gasteiger partial charge >= 0.3 is 12.1 Å². The number of ketones is 1. The summed E-state index contributed by atoms with van der Waals surface area (Å²) in [6, 6.07) is 2.53. The summed E-state index contributed by atoms with van der Waals surface area (Å²) in [4.78, 5) is 67.5. The highest BCUT2D eigenvalue weighted by atomic mass is 35.5. The first-order chi connectivity index (χ1) is 24.8. The van der Waals surface area contributed by atoms with Crippen LogP contribution in [-0.2, 0) is 44.5 Å². The molecule has 14 nitrogen and oxygen atoms in total. The number of carbonyl (C=O) groups is 5. The summed E-state index contributed by atoms with van der Waals surface area (Å²) < 4.78 is 29.1. The van der Waals surface area contributed by atoms with Gasteiger partial charge in [-0.25, -0.2) is 9.59 Å². The second-order valence-corrected chi connectivity index (χ2v) is 14.8. The van der Waals surface area contributed by atoms with Crippen molar-refractivity contribution in [2.75, 3.05) is 33.2 Å². The van der Waals surface area contributed by atoms with Crippen molar-refractivity contribution < 1.29 is 52.8 Å². The molecule has 2 fully saturated rings. The lowest BCUT2D eigenvalue weighted by molar-refractivity contribution is -0.162. The fourth-order valence-electron chi connectivity index (χ4n) is 6.88. The number of rotatable bonds is 9. The Morgan fingerprint density at radius 3 is 2.55 bits per heavy atom. The first-order valence-electron chi connectivity index (χ1n) is 17.7. The van der Waals surface area contributed by atoms with Gasteiger partial charge in [-0.15, -0.1) is 0 Å². The fourth-order valence-corrected chi connectivity index (χ4v) is 7.20. The molecule has 0 radical (unpaired) electrons. The smallest absolute Gasteiger partial charge is 0.409 e. The van der Waals surface area contributed by atoms with E-state index in [-0.39, 0.29) is 42.4 Å². The number of likely N-dealkylation sites (N-methyl/N-ethyl adjacent to an activating group) is 1. The number of epoxide rings is 1. The van der Waals surface area contributed by atoms with E-state index >= 15 is 0 Å². The van der Waals surface area contributed by atoms with Crippen LogP contribution in [0.1, 0.15) is 72.3 Å². The Morgan fingerprint density at radius 2 is 1.91 bits per heavy atom. The van der Waals surface area contributed by atoms with Crippen molar-refractivity contribution in [2.24, 2.45) is 5.92 Å². The SMILES string of the molecule is COc1cc2cc(c1Cl)N(C)C(=O)C[C@H](OC(=O)[C@H](C)N(C)C(=O)CCCC(C)=O)[C@]1(C)O[C@H]1[C@H](C)C1C[C@@](O)(NC(=O)O1)[C@H](OC)/C=C/C=C(\C)C2. The molecule has 1 unspecified atom stereocenters. The van der Waals surface area contributed by atoms with Gasteiger partial charge in [-0.1, -0.05) is 42.3 Å². The van der Waals surface area contributed by atoms with Crippen molar-refractivity contribution >= 4 is 46.9 Å². The fraction of sp³-hybridized carbons (Fsp3) is 0.605. The predicted molar refractivity (Wildman–Crippen MR) is 195 cm³/mol. The molecule has 3 heterocycles. The molecule has 0 saturated carbocycles. The molecule has 3 aliphatic heterocycles. The zero-order chi connectivity index (χ0) is 39.4. The molecule has 4 bridgehead atoms. The largest absolute Gasteiger partial charge is 0.495 e. The lowest BCUT2D eigenvalue weighted by Gasteiger charge is -2.42. The summed E-state index contributed by atoms with van der Waals surface area (Å²) >= 11 is 6.74. The van der Waals surface area contributed by atoms with E-state index in [1.54, 1.807) is 45.2 Å². The maximum absolute atomic E-state index is 14.1. The number of alkyl carbamates (subject to hydrolysis) is 1. The van der Waals surface area contributed by atoms with Crippen LogP contribution in [0.25, 0.3) is 0 Å². The van der Waals surface area contributed by atoms with Crippen molar-refractivity contribution in [1.29, 1.82) is 0 Å². The van der Waals surface area contributed by atoms with Crippen LogP contribution in [0, 0.1) is 5.92 Å².